The smallest absolute Gasteiger partial charge is 0.234 e. The normalized spacial score (nSPS) is 10.5. The van der Waals surface area contributed by atoms with Gasteiger partial charge in [-0.3, -0.25) is 4.79 Å². The quantitative estimate of drug-likeness (QED) is 0.377. The Labute approximate surface area is 170 Å². The number of rotatable bonds is 5. The molecule has 2 aromatic heterocycles. The molecule has 0 atom stereocenters. The number of hydrogen-bond donors (Lipinski definition) is 1. The molecule has 0 aliphatic carbocycles. The number of carbonyl (C=O) groups is 1. The van der Waals surface area contributed by atoms with Gasteiger partial charge in [-0.05, 0) is 17.7 Å². The average Bonchev–Trinajstić information content (AvgIpc) is 3.18. The van der Waals surface area contributed by atoms with Crippen molar-refractivity contribution in [2.75, 3.05) is 11.1 Å². The van der Waals surface area contributed by atoms with Crippen LogP contribution in [0.3, 0.4) is 0 Å². The number of benzene rings is 2. The van der Waals surface area contributed by atoms with Gasteiger partial charge in [-0.25, -0.2) is 9.97 Å². The van der Waals surface area contributed by atoms with Crippen molar-refractivity contribution in [3.63, 3.8) is 0 Å². The van der Waals surface area contributed by atoms with Crippen LogP contribution in [0.5, 0.6) is 0 Å². The third-order valence-electron chi connectivity index (χ3n) is 4.08. The number of para-hydroxylation sites is 1. The van der Waals surface area contributed by atoms with Crippen LogP contribution in [0.2, 0.25) is 0 Å². The fourth-order valence-electron chi connectivity index (χ4n) is 2.80. The lowest BCUT2D eigenvalue weighted by Gasteiger charge is -2.07. The Morgan fingerprint density at radius 3 is 2.71 bits per heavy atom. The number of thiophene rings is 1. The maximum atomic E-state index is 12.4. The van der Waals surface area contributed by atoms with Gasteiger partial charge in [0.05, 0.1) is 22.4 Å². The first-order chi connectivity index (χ1) is 13.8. The van der Waals surface area contributed by atoms with Gasteiger partial charge < -0.3 is 5.32 Å². The van der Waals surface area contributed by atoms with E-state index < -0.39 is 0 Å². The van der Waals surface area contributed by atoms with Crippen molar-refractivity contribution in [3.8, 4) is 17.2 Å². The third kappa shape index (κ3) is 3.74. The number of nitriles is 1. The lowest BCUT2D eigenvalue weighted by Crippen LogP contribution is -2.15. The minimum Gasteiger partial charge on any atom is -0.324 e. The molecule has 0 saturated carbocycles. The van der Waals surface area contributed by atoms with Crippen LogP contribution in [0.25, 0.3) is 21.3 Å². The third-order valence-corrected chi connectivity index (χ3v) is 5.96. The molecule has 0 radical (unpaired) electrons. The maximum absolute atomic E-state index is 12.4. The number of hydrogen-bond acceptors (Lipinski definition) is 6. The van der Waals surface area contributed by atoms with Crippen LogP contribution in [0, 0.1) is 11.3 Å². The second kappa shape index (κ2) is 8.21. The SMILES string of the molecule is N#Cc1ccccc1NC(=O)CSc1ncnc2scc(-c3ccccc3)c12. The fourth-order valence-corrected chi connectivity index (χ4v) is 4.59. The molecule has 0 spiro atoms. The lowest BCUT2D eigenvalue weighted by molar-refractivity contribution is -0.113. The Kier molecular flexibility index (Phi) is 5.33. The monoisotopic (exact) mass is 402 g/mol. The minimum atomic E-state index is -0.184. The number of fused-ring (bicyclic) bond motifs is 1. The highest BCUT2D eigenvalue weighted by atomic mass is 32.2. The molecule has 136 valence electrons. The van der Waals surface area contributed by atoms with Gasteiger partial charge in [0.1, 0.15) is 22.3 Å². The second-order valence-electron chi connectivity index (χ2n) is 5.87. The second-order valence-corrected chi connectivity index (χ2v) is 7.69. The van der Waals surface area contributed by atoms with E-state index in [1.165, 1.54) is 18.1 Å². The molecule has 0 saturated heterocycles. The lowest BCUT2D eigenvalue weighted by atomic mass is 10.1. The Bertz CT molecular complexity index is 1180. The number of aromatic nitrogens is 2. The van der Waals surface area contributed by atoms with E-state index >= 15 is 0 Å². The van der Waals surface area contributed by atoms with Crippen molar-refractivity contribution in [2.24, 2.45) is 0 Å². The van der Waals surface area contributed by atoms with E-state index in [-0.39, 0.29) is 11.7 Å². The van der Waals surface area contributed by atoms with Crippen molar-refractivity contribution in [3.05, 3.63) is 71.9 Å². The topological polar surface area (TPSA) is 78.7 Å². The molecule has 0 fully saturated rings. The highest BCUT2D eigenvalue weighted by molar-refractivity contribution is 8.00. The summed E-state index contributed by atoms with van der Waals surface area (Å²) in [6.45, 7) is 0. The summed E-state index contributed by atoms with van der Waals surface area (Å²) < 4.78 is 0. The van der Waals surface area contributed by atoms with Crippen molar-refractivity contribution < 1.29 is 4.79 Å². The molecule has 1 amide bonds. The molecule has 2 aromatic carbocycles. The summed E-state index contributed by atoms with van der Waals surface area (Å²) in [5.74, 6) is 0.00613. The van der Waals surface area contributed by atoms with Crippen LogP contribution in [-0.4, -0.2) is 21.6 Å². The van der Waals surface area contributed by atoms with E-state index in [1.807, 2.05) is 18.2 Å². The van der Waals surface area contributed by atoms with Crippen LogP contribution in [0.1, 0.15) is 5.56 Å². The Hall–Kier alpha value is -3.21. The molecular formula is C21H14N4OS2. The number of nitrogens with zero attached hydrogens (tertiary/aromatic N) is 3. The Balaban J connectivity index is 1.56. The van der Waals surface area contributed by atoms with Crippen molar-refractivity contribution >= 4 is 44.9 Å². The molecule has 0 aliphatic heterocycles. The van der Waals surface area contributed by atoms with E-state index in [1.54, 1.807) is 35.6 Å². The molecule has 2 heterocycles. The Morgan fingerprint density at radius 1 is 1.11 bits per heavy atom. The van der Waals surface area contributed by atoms with Gasteiger partial charge in [0, 0.05) is 10.9 Å². The van der Waals surface area contributed by atoms with Crippen LogP contribution in [0.4, 0.5) is 5.69 Å². The zero-order chi connectivity index (χ0) is 19.3. The largest absolute Gasteiger partial charge is 0.324 e. The molecule has 0 bridgehead atoms. The zero-order valence-electron chi connectivity index (χ0n) is 14.6. The summed E-state index contributed by atoms with van der Waals surface area (Å²) >= 11 is 2.93. The molecule has 28 heavy (non-hydrogen) atoms. The maximum Gasteiger partial charge on any atom is 0.234 e. The number of anilines is 1. The molecule has 0 aliphatic rings. The highest BCUT2D eigenvalue weighted by Crippen LogP contribution is 2.37. The van der Waals surface area contributed by atoms with Crippen molar-refractivity contribution in [1.29, 1.82) is 5.26 Å². The average molecular weight is 403 g/mol. The molecule has 7 heteroatoms. The number of amides is 1. The van der Waals surface area contributed by atoms with E-state index in [0.717, 1.165) is 26.4 Å². The highest BCUT2D eigenvalue weighted by Gasteiger charge is 2.15. The van der Waals surface area contributed by atoms with Gasteiger partial charge in [0.15, 0.2) is 0 Å². The van der Waals surface area contributed by atoms with E-state index in [0.29, 0.717) is 11.3 Å². The summed E-state index contributed by atoms with van der Waals surface area (Å²) in [6.07, 6.45) is 1.53. The van der Waals surface area contributed by atoms with Gasteiger partial charge in [-0.1, -0.05) is 54.2 Å². The van der Waals surface area contributed by atoms with Gasteiger partial charge in [-0.2, -0.15) is 5.26 Å². The van der Waals surface area contributed by atoms with Crippen LogP contribution in [0.15, 0.2) is 71.3 Å². The minimum absolute atomic E-state index is 0.184. The summed E-state index contributed by atoms with van der Waals surface area (Å²) in [4.78, 5) is 22.1. The standard InChI is InChI=1S/C21H14N4OS2/c22-10-15-8-4-5-9-17(15)25-18(26)12-28-21-19-16(14-6-2-1-3-7-14)11-27-20(19)23-13-24-21/h1-9,11,13H,12H2,(H,25,26). The number of thioether (sulfide) groups is 1. The van der Waals surface area contributed by atoms with Gasteiger partial charge in [0.2, 0.25) is 5.91 Å². The predicted octanol–water partition coefficient (Wildman–Crippen LogP) is 4.96. The van der Waals surface area contributed by atoms with E-state index in [2.05, 4.69) is 38.9 Å². The molecule has 0 unspecified atom stereocenters. The summed E-state index contributed by atoms with van der Waals surface area (Å²) in [6, 6.07) is 19.1. The van der Waals surface area contributed by atoms with Crippen molar-refractivity contribution in [2.45, 2.75) is 5.03 Å². The van der Waals surface area contributed by atoms with Crippen molar-refractivity contribution in [1.82, 2.24) is 9.97 Å². The first-order valence-electron chi connectivity index (χ1n) is 8.45. The van der Waals surface area contributed by atoms with Gasteiger partial charge in [0.25, 0.3) is 0 Å². The number of nitrogens with one attached hydrogen (secondary N) is 1. The van der Waals surface area contributed by atoms with Gasteiger partial charge >= 0.3 is 0 Å². The molecular weight excluding hydrogens is 388 g/mol. The van der Waals surface area contributed by atoms with Crippen LogP contribution in [-0.2, 0) is 4.79 Å². The molecule has 4 rings (SSSR count). The molecule has 5 nitrogen and oxygen atoms in total. The first-order valence-corrected chi connectivity index (χ1v) is 10.3. The summed E-state index contributed by atoms with van der Waals surface area (Å²) in [5.41, 5.74) is 3.12. The van der Waals surface area contributed by atoms with E-state index in [4.69, 9.17) is 5.26 Å². The summed E-state index contributed by atoms with van der Waals surface area (Å²) in [7, 11) is 0. The number of carbonyl (C=O) groups excluding carboxylic acids is 1. The molecule has 4 aromatic rings. The first kappa shape index (κ1) is 18.2. The van der Waals surface area contributed by atoms with Crippen LogP contribution >= 0.6 is 23.1 Å². The fraction of sp³-hybridized carbons (Fsp3) is 0.0476. The Morgan fingerprint density at radius 2 is 1.89 bits per heavy atom. The van der Waals surface area contributed by atoms with Crippen LogP contribution < -0.4 is 5.32 Å². The predicted molar refractivity (Wildman–Crippen MR) is 113 cm³/mol. The van der Waals surface area contributed by atoms with Gasteiger partial charge in [-0.15, -0.1) is 11.3 Å². The molecule has 1 N–H and O–H groups in total. The zero-order valence-corrected chi connectivity index (χ0v) is 16.3. The summed E-state index contributed by atoms with van der Waals surface area (Å²) in [5, 5.41) is 15.8. The van der Waals surface area contributed by atoms with E-state index in [9.17, 15) is 4.79 Å².